The lowest BCUT2D eigenvalue weighted by molar-refractivity contribution is -0.137. The van der Waals surface area contributed by atoms with Gasteiger partial charge in [0.15, 0.2) is 0 Å². The first-order valence-corrected chi connectivity index (χ1v) is 7.32. The molecule has 24 heavy (non-hydrogen) atoms. The van der Waals surface area contributed by atoms with Crippen molar-refractivity contribution in [3.63, 3.8) is 0 Å². The molecule has 2 rings (SSSR count). The monoisotopic (exact) mass is 338 g/mol. The van der Waals surface area contributed by atoms with Gasteiger partial charge in [-0.1, -0.05) is 12.1 Å². The van der Waals surface area contributed by atoms with Crippen molar-refractivity contribution in [2.24, 2.45) is 0 Å². The number of anilines is 2. The molecule has 0 spiro atoms. The molecule has 0 saturated carbocycles. The number of aryl methyl sites for hydroxylation is 1. The Kier molecular flexibility index (Phi) is 5.38. The Morgan fingerprint density at radius 2 is 1.96 bits per heavy atom. The summed E-state index contributed by atoms with van der Waals surface area (Å²) >= 11 is 0. The highest BCUT2D eigenvalue weighted by Crippen LogP contribution is 2.34. The zero-order chi connectivity index (χ0) is 17.7. The largest absolute Gasteiger partial charge is 0.418 e. The number of halogens is 3. The first kappa shape index (κ1) is 17.7. The third kappa shape index (κ3) is 4.43. The summed E-state index contributed by atoms with van der Waals surface area (Å²) < 4.78 is 38.9. The molecule has 0 atom stereocenters. The van der Waals surface area contributed by atoms with Crippen molar-refractivity contribution in [1.29, 1.82) is 0 Å². The number of amides is 1. The van der Waals surface area contributed by atoms with Crippen molar-refractivity contribution in [2.45, 2.75) is 20.0 Å². The Bertz CT molecular complexity index is 718. The average molecular weight is 338 g/mol. The van der Waals surface area contributed by atoms with Gasteiger partial charge in [-0.25, -0.2) is 9.97 Å². The molecule has 0 aliphatic rings. The molecule has 1 heterocycles. The first-order valence-electron chi connectivity index (χ1n) is 7.32. The van der Waals surface area contributed by atoms with Gasteiger partial charge in [-0.15, -0.1) is 0 Å². The lowest BCUT2D eigenvalue weighted by Gasteiger charge is -2.22. The van der Waals surface area contributed by atoms with E-state index in [0.29, 0.717) is 18.2 Å². The van der Waals surface area contributed by atoms with Crippen molar-refractivity contribution in [3.8, 4) is 0 Å². The minimum absolute atomic E-state index is 0.112. The molecule has 8 heteroatoms. The summed E-state index contributed by atoms with van der Waals surface area (Å²) in [4.78, 5) is 22.0. The Morgan fingerprint density at radius 1 is 1.25 bits per heavy atom. The van der Waals surface area contributed by atoms with Crippen LogP contribution >= 0.6 is 0 Å². The average Bonchev–Trinajstić information content (AvgIpc) is 2.52. The number of nitrogens with zero attached hydrogens (tertiary/aromatic N) is 3. The number of likely N-dealkylation sites (N-methyl/N-ethyl adjacent to an activating group) is 1. The number of rotatable bonds is 5. The van der Waals surface area contributed by atoms with Gasteiger partial charge in [-0.3, -0.25) is 4.79 Å². The van der Waals surface area contributed by atoms with Gasteiger partial charge in [0.05, 0.1) is 17.8 Å². The first-order chi connectivity index (χ1) is 11.3. The highest BCUT2D eigenvalue weighted by molar-refractivity contribution is 5.94. The molecule has 0 aliphatic carbocycles. The van der Waals surface area contributed by atoms with Gasteiger partial charge in [0.2, 0.25) is 5.91 Å². The van der Waals surface area contributed by atoms with Gasteiger partial charge in [-0.2, -0.15) is 13.2 Å². The van der Waals surface area contributed by atoms with E-state index in [1.807, 2.05) is 6.92 Å². The van der Waals surface area contributed by atoms with E-state index in [2.05, 4.69) is 15.3 Å². The Balaban J connectivity index is 2.13. The fourth-order valence-electron chi connectivity index (χ4n) is 2.18. The van der Waals surface area contributed by atoms with Crippen molar-refractivity contribution in [1.82, 2.24) is 9.97 Å². The van der Waals surface area contributed by atoms with Crippen LogP contribution in [0.2, 0.25) is 0 Å². The van der Waals surface area contributed by atoms with E-state index < -0.39 is 17.6 Å². The summed E-state index contributed by atoms with van der Waals surface area (Å²) in [6, 6.07) is 6.52. The molecule has 1 amide bonds. The summed E-state index contributed by atoms with van der Waals surface area (Å²) in [5.41, 5.74) is -1.13. The SMILES string of the molecule is CCN(CC(=O)Nc1ccccc1C(F)(F)F)c1ccnc(C)n1. The second-order valence-electron chi connectivity index (χ2n) is 5.07. The molecule has 0 bridgehead atoms. The van der Waals surface area contributed by atoms with E-state index in [9.17, 15) is 18.0 Å². The van der Waals surface area contributed by atoms with Crippen LogP contribution in [0.4, 0.5) is 24.7 Å². The minimum Gasteiger partial charge on any atom is -0.347 e. The van der Waals surface area contributed by atoms with Gasteiger partial charge in [0, 0.05) is 12.7 Å². The van der Waals surface area contributed by atoms with Crippen LogP contribution in [0.3, 0.4) is 0 Å². The normalized spacial score (nSPS) is 11.2. The maximum absolute atomic E-state index is 13.0. The molecule has 1 aromatic heterocycles. The second kappa shape index (κ2) is 7.29. The zero-order valence-electron chi connectivity index (χ0n) is 13.3. The van der Waals surface area contributed by atoms with Gasteiger partial charge in [0.1, 0.15) is 11.6 Å². The van der Waals surface area contributed by atoms with E-state index >= 15 is 0 Å². The summed E-state index contributed by atoms with van der Waals surface area (Å²) in [5.74, 6) is 0.544. The zero-order valence-corrected chi connectivity index (χ0v) is 13.3. The molecule has 0 fully saturated rings. The minimum atomic E-state index is -4.53. The Morgan fingerprint density at radius 3 is 2.58 bits per heavy atom. The van der Waals surface area contributed by atoms with Crippen molar-refractivity contribution >= 4 is 17.4 Å². The fraction of sp³-hybridized carbons (Fsp3) is 0.312. The van der Waals surface area contributed by atoms with Crippen LogP contribution in [0.1, 0.15) is 18.3 Å². The molecule has 0 unspecified atom stereocenters. The number of carbonyl (C=O) groups excluding carboxylic acids is 1. The Hall–Kier alpha value is -2.64. The van der Waals surface area contributed by atoms with Gasteiger partial charge in [0.25, 0.3) is 0 Å². The molecule has 1 aromatic carbocycles. The maximum Gasteiger partial charge on any atom is 0.418 e. The predicted octanol–water partition coefficient (Wildman–Crippen LogP) is 3.27. The van der Waals surface area contributed by atoms with Gasteiger partial charge >= 0.3 is 6.18 Å². The van der Waals surface area contributed by atoms with Crippen LogP contribution in [0, 0.1) is 6.92 Å². The number of para-hydroxylation sites is 1. The molecule has 2 aromatic rings. The van der Waals surface area contributed by atoms with Crippen LogP contribution < -0.4 is 10.2 Å². The quantitative estimate of drug-likeness (QED) is 0.909. The lowest BCUT2D eigenvalue weighted by Crippen LogP contribution is -2.34. The van der Waals surface area contributed by atoms with Crippen LogP contribution in [0.5, 0.6) is 0 Å². The summed E-state index contributed by atoms with van der Waals surface area (Å²) in [7, 11) is 0. The molecule has 5 nitrogen and oxygen atoms in total. The standard InChI is InChI=1S/C16H17F3N4O/c1-3-23(14-8-9-20-11(2)21-14)10-15(24)22-13-7-5-4-6-12(13)16(17,18)19/h4-9H,3,10H2,1-2H3,(H,22,24). The molecule has 0 saturated heterocycles. The lowest BCUT2D eigenvalue weighted by atomic mass is 10.1. The molecule has 128 valence electrons. The Labute approximate surface area is 137 Å². The molecular weight excluding hydrogens is 321 g/mol. The maximum atomic E-state index is 13.0. The molecule has 1 N–H and O–H groups in total. The summed E-state index contributed by atoms with van der Waals surface area (Å²) in [6.45, 7) is 3.91. The summed E-state index contributed by atoms with van der Waals surface area (Å²) in [6.07, 6.45) is -2.96. The number of carbonyl (C=O) groups is 1. The number of aromatic nitrogens is 2. The number of benzene rings is 1. The highest BCUT2D eigenvalue weighted by Gasteiger charge is 2.33. The van der Waals surface area contributed by atoms with Crippen LogP contribution in [0.25, 0.3) is 0 Å². The second-order valence-corrected chi connectivity index (χ2v) is 5.07. The van der Waals surface area contributed by atoms with Crippen molar-refractivity contribution < 1.29 is 18.0 Å². The van der Waals surface area contributed by atoms with E-state index in [1.54, 1.807) is 24.1 Å². The smallest absolute Gasteiger partial charge is 0.347 e. The number of alkyl halides is 3. The van der Waals surface area contributed by atoms with E-state index in [0.717, 1.165) is 6.07 Å². The van der Waals surface area contributed by atoms with Crippen LogP contribution in [-0.2, 0) is 11.0 Å². The fourth-order valence-corrected chi connectivity index (χ4v) is 2.18. The number of hydrogen-bond acceptors (Lipinski definition) is 4. The van der Waals surface area contributed by atoms with Crippen molar-refractivity contribution in [2.75, 3.05) is 23.3 Å². The molecular formula is C16H17F3N4O. The van der Waals surface area contributed by atoms with Crippen LogP contribution in [0.15, 0.2) is 36.5 Å². The summed E-state index contributed by atoms with van der Waals surface area (Å²) in [5, 5.41) is 2.32. The van der Waals surface area contributed by atoms with E-state index in [1.165, 1.54) is 18.2 Å². The third-order valence-electron chi connectivity index (χ3n) is 3.31. The number of nitrogens with one attached hydrogen (secondary N) is 1. The third-order valence-corrected chi connectivity index (χ3v) is 3.31. The van der Waals surface area contributed by atoms with Crippen molar-refractivity contribution in [3.05, 3.63) is 47.9 Å². The molecule has 0 radical (unpaired) electrons. The van der Waals surface area contributed by atoms with E-state index in [4.69, 9.17) is 0 Å². The van der Waals surface area contributed by atoms with Gasteiger partial charge < -0.3 is 10.2 Å². The van der Waals surface area contributed by atoms with Gasteiger partial charge in [-0.05, 0) is 32.0 Å². The topological polar surface area (TPSA) is 58.1 Å². The highest BCUT2D eigenvalue weighted by atomic mass is 19.4. The predicted molar refractivity (Wildman–Crippen MR) is 84.7 cm³/mol. The number of hydrogen-bond donors (Lipinski definition) is 1. The molecule has 0 aliphatic heterocycles. The van der Waals surface area contributed by atoms with Crippen LogP contribution in [-0.4, -0.2) is 29.0 Å². The van der Waals surface area contributed by atoms with E-state index in [-0.39, 0.29) is 12.2 Å².